The number of carbonyl (C=O) groups is 2. The molecule has 2 heterocycles. The molecule has 2 aromatic carbocycles. The van der Waals surface area contributed by atoms with Crippen molar-refractivity contribution in [2.45, 2.75) is 18.9 Å². The quantitative estimate of drug-likeness (QED) is 0.133. The van der Waals surface area contributed by atoms with Crippen LogP contribution in [0.3, 0.4) is 0 Å². The largest absolute Gasteiger partial charge is 0.497 e. The van der Waals surface area contributed by atoms with Gasteiger partial charge in [-0.25, -0.2) is 19.6 Å². The number of carboxylic acid groups (broad SMARTS) is 2. The molecule has 0 saturated carbocycles. The molecule has 0 spiro atoms. The van der Waals surface area contributed by atoms with E-state index in [4.69, 9.17) is 29.3 Å². The van der Waals surface area contributed by atoms with E-state index < -0.39 is 24.3 Å². The number of hydrogen-bond donors (Lipinski definition) is 4. The summed E-state index contributed by atoms with van der Waals surface area (Å²) in [6, 6.07) is 17.9. The number of benzene rings is 2. The van der Waals surface area contributed by atoms with Crippen LogP contribution in [0.1, 0.15) is 5.56 Å². The number of nitrogens with one attached hydrogen (secondary N) is 2. The van der Waals surface area contributed by atoms with Gasteiger partial charge in [-0.1, -0.05) is 12.1 Å². The number of imidazole rings is 1. The molecule has 2 aromatic heterocycles. The molecule has 0 fully saturated rings. The first-order chi connectivity index (χ1) is 20.1. The fourth-order valence-electron chi connectivity index (χ4n) is 2.93. The fourth-order valence-corrected chi connectivity index (χ4v) is 3.25. The Morgan fingerprint density at radius 2 is 1.47 bits per heavy atom. The van der Waals surface area contributed by atoms with Crippen LogP contribution < -0.4 is 14.8 Å². The molecule has 4 aromatic rings. The third-order valence-corrected chi connectivity index (χ3v) is 5.39. The lowest BCUT2D eigenvalue weighted by atomic mass is 10.2. The van der Waals surface area contributed by atoms with Crippen molar-refractivity contribution >= 4 is 39.0 Å². The van der Waals surface area contributed by atoms with Crippen molar-refractivity contribution < 1.29 is 55.6 Å². The van der Waals surface area contributed by atoms with Gasteiger partial charge in [0.25, 0.3) is 0 Å². The Kier molecular flexibility index (Phi) is 12.7. The summed E-state index contributed by atoms with van der Waals surface area (Å²) >= 11 is 3.42. The minimum absolute atomic E-state index is 0.595. The van der Waals surface area contributed by atoms with Crippen LogP contribution in [0.2, 0.25) is 0 Å². The van der Waals surface area contributed by atoms with E-state index in [0.717, 1.165) is 51.6 Å². The number of pyridine rings is 1. The van der Waals surface area contributed by atoms with Gasteiger partial charge in [0.2, 0.25) is 0 Å². The summed E-state index contributed by atoms with van der Waals surface area (Å²) in [5.41, 5.74) is 3.80. The van der Waals surface area contributed by atoms with Crippen molar-refractivity contribution in [3.8, 4) is 22.9 Å². The van der Waals surface area contributed by atoms with E-state index in [-0.39, 0.29) is 0 Å². The van der Waals surface area contributed by atoms with E-state index in [1.54, 1.807) is 13.3 Å². The van der Waals surface area contributed by atoms with E-state index in [2.05, 4.69) is 48.3 Å². The van der Waals surface area contributed by atoms with Gasteiger partial charge in [0.15, 0.2) is 5.65 Å². The van der Waals surface area contributed by atoms with Gasteiger partial charge in [-0.05, 0) is 64.0 Å². The number of carboxylic acids is 2. The van der Waals surface area contributed by atoms with E-state index in [1.807, 2.05) is 42.5 Å². The number of halogens is 7. The molecule has 4 N–H and O–H groups in total. The summed E-state index contributed by atoms with van der Waals surface area (Å²) in [5.74, 6) is -3.03. The minimum Gasteiger partial charge on any atom is -0.497 e. The Hall–Kier alpha value is -4.38. The third kappa shape index (κ3) is 12.2. The monoisotopic (exact) mass is 680 g/mol. The average molecular weight is 681 g/mol. The molecular formula is C26H23BrF6N4O6. The number of ether oxygens (including phenoxy) is 2. The van der Waals surface area contributed by atoms with E-state index in [0.29, 0.717) is 6.61 Å². The molecule has 0 aliphatic rings. The van der Waals surface area contributed by atoms with Crippen molar-refractivity contribution in [3.63, 3.8) is 0 Å². The van der Waals surface area contributed by atoms with E-state index >= 15 is 0 Å². The van der Waals surface area contributed by atoms with E-state index in [9.17, 15) is 26.3 Å². The number of nitrogens with zero attached hydrogens (tertiary/aromatic N) is 2. The number of alkyl halides is 6. The summed E-state index contributed by atoms with van der Waals surface area (Å²) in [6.07, 6.45) is -8.41. The highest BCUT2D eigenvalue weighted by Crippen LogP contribution is 2.23. The topological polar surface area (TPSA) is 147 Å². The maximum absolute atomic E-state index is 10.6. The zero-order valence-electron chi connectivity index (χ0n) is 22.0. The number of aromatic nitrogens is 3. The Balaban J connectivity index is 0.000000384. The molecule has 0 radical (unpaired) electrons. The number of H-pyrrole nitrogens is 1. The van der Waals surface area contributed by atoms with Crippen molar-refractivity contribution in [2.24, 2.45) is 0 Å². The number of aromatic amines is 1. The Morgan fingerprint density at radius 1 is 0.930 bits per heavy atom. The van der Waals surface area contributed by atoms with Crippen LogP contribution in [-0.2, 0) is 16.1 Å². The van der Waals surface area contributed by atoms with E-state index in [1.165, 1.54) is 5.56 Å². The second kappa shape index (κ2) is 15.7. The zero-order chi connectivity index (χ0) is 32.2. The molecule has 10 nitrogen and oxygen atoms in total. The maximum atomic E-state index is 10.6. The van der Waals surface area contributed by atoms with Gasteiger partial charge in [-0.3, -0.25) is 0 Å². The lowest BCUT2D eigenvalue weighted by Crippen LogP contribution is -2.21. The number of methoxy groups -OCH3 is 1. The summed E-state index contributed by atoms with van der Waals surface area (Å²) in [5, 5.41) is 17.6. The number of hydrogen-bond acceptors (Lipinski definition) is 7. The normalized spacial score (nSPS) is 11.1. The highest BCUT2D eigenvalue weighted by atomic mass is 79.9. The standard InChI is InChI=1S/C22H21BrN4O2.2C2HF3O2/c1-28-18-6-2-15(3-7-18)13-24-10-11-29-19-8-4-16(5-9-19)21-26-20-12-17(23)14-25-22(20)27-21;2*3-2(4,5)1(6)7/h2-9,12,14,24H,10-11,13H2,1H3,(H,25,26,27);2*(H,6,7). The molecule has 0 aliphatic carbocycles. The molecular weight excluding hydrogens is 658 g/mol. The molecule has 0 bridgehead atoms. The molecule has 4 rings (SSSR count). The Morgan fingerprint density at radius 3 is 1.98 bits per heavy atom. The van der Waals surface area contributed by atoms with Crippen molar-refractivity contribution in [3.05, 3.63) is 70.8 Å². The first-order valence-electron chi connectivity index (χ1n) is 11.8. The smallest absolute Gasteiger partial charge is 0.490 e. The summed E-state index contributed by atoms with van der Waals surface area (Å²) in [6.45, 7) is 2.15. The average Bonchev–Trinajstić information content (AvgIpc) is 3.36. The predicted octanol–water partition coefficient (Wildman–Crippen LogP) is 5.83. The summed E-state index contributed by atoms with van der Waals surface area (Å²) in [4.78, 5) is 30.0. The molecule has 43 heavy (non-hydrogen) atoms. The molecule has 17 heteroatoms. The fraction of sp³-hybridized carbons (Fsp3) is 0.231. The van der Waals surface area contributed by atoms with Crippen LogP contribution in [-0.4, -0.2) is 69.7 Å². The van der Waals surface area contributed by atoms with Crippen LogP contribution in [0.4, 0.5) is 26.3 Å². The molecule has 0 unspecified atom stereocenters. The van der Waals surface area contributed by atoms with Crippen LogP contribution in [0.25, 0.3) is 22.6 Å². The molecule has 0 aliphatic heterocycles. The van der Waals surface area contributed by atoms with Gasteiger partial charge < -0.3 is 30.0 Å². The van der Waals surface area contributed by atoms with Crippen LogP contribution in [0.5, 0.6) is 11.5 Å². The Bertz CT molecular complexity index is 1460. The molecule has 0 saturated heterocycles. The van der Waals surface area contributed by atoms with Gasteiger partial charge >= 0.3 is 24.3 Å². The molecule has 0 amide bonds. The predicted molar refractivity (Wildman–Crippen MR) is 145 cm³/mol. The second-order valence-corrected chi connectivity index (χ2v) is 9.03. The highest BCUT2D eigenvalue weighted by molar-refractivity contribution is 9.10. The lowest BCUT2D eigenvalue weighted by molar-refractivity contribution is -0.193. The SMILES string of the molecule is COc1ccc(CNCCOc2ccc(-c3nc4cc(Br)cnc4[nH]3)cc2)cc1.O=C(O)C(F)(F)F.O=C(O)C(F)(F)F. The zero-order valence-corrected chi connectivity index (χ0v) is 23.5. The van der Waals surface area contributed by atoms with Gasteiger partial charge in [0.1, 0.15) is 29.4 Å². The third-order valence-electron chi connectivity index (χ3n) is 4.95. The van der Waals surface area contributed by atoms with Gasteiger partial charge in [0, 0.05) is 29.3 Å². The lowest BCUT2D eigenvalue weighted by Gasteiger charge is -2.08. The Labute approximate surface area is 247 Å². The van der Waals surface area contributed by atoms with Crippen molar-refractivity contribution in [1.82, 2.24) is 20.3 Å². The first-order valence-corrected chi connectivity index (χ1v) is 12.6. The number of aliphatic carboxylic acids is 2. The first kappa shape index (κ1) is 34.8. The summed E-state index contributed by atoms with van der Waals surface area (Å²) in [7, 11) is 1.67. The number of fused-ring (bicyclic) bond motifs is 1. The van der Waals surface area contributed by atoms with Crippen LogP contribution in [0.15, 0.2) is 65.3 Å². The van der Waals surface area contributed by atoms with Gasteiger partial charge in [-0.2, -0.15) is 26.3 Å². The maximum Gasteiger partial charge on any atom is 0.490 e. The van der Waals surface area contributed by atoms with Crippen molar-refractivity contribution in [1.29, 1.82) is 0 Å². The minimum atomic E-state index is -5.08. The van der Waals surface area contributed by atoms with Crippen molar-refractivity contribution in [2.75, 3.05) is 20.3 Å². The molecule has 0 atom stereocenters. The molecule has 232 valence electrons. The van der Waals surface area contributed by atoms with Gasteiger partial charge in [0.05, 0.1) is 7.11 Å². The van der Waals surface area contributed by atoms with Crippen LogP contribution in [0, 0.1) is 0 Å². The highest BCUT2D eigenvalue weighted by Gasteiger charge is 2.38. The van der Waals surface area contributed by atoms with Gasteiger partial charge in [-0.15, -0.1) is 0 Å². The van der Waals surface area contributed by atoms with Crippen LogP contribution >= 0.6 is 15.9 Å². The second-order valence-electron chi connectivity index (χ2n) is 8.11. The summed E-state index contributed by atoms with van der Waals surface area (Å²) < 4.78 is 75.4. The number of rotatable bonds is 8.